The van der Waals surface area contributed by atoms with Crippen LogP contribution in [0.1, 0.15) is 11.1 Å². The first-order valence-electron chi connectivity index (χ1n) is 7.61. The zero-order chi connectivity index (χ0) is 16.1. The fourth-order valence-corrected chi connectivity index (χ4v) is 2.56. The van der Waals surface area contributed by atoms with Gasteiger partial charge in [0, 0.05) is 11.4 Å². The molecule has 0 fully saturated rings. The first-order valence-corrected chi connectivity index (χ1v) is 7.61. The van der Waals surface area contributed by atoms with Crippen molar-refractivity contribution < 1.29 is 0 Å². The lowest BCUT2D eigenvalue weighted by Crippen LogP contribution is -1.92. The highest BCUT2D eigenvalue weighted by Gasteiger charge is 2.01. The summed E-state index contributed by atoms with van der Waals surface area (Å²) in [6.45, 7) is 7.68. The number of anilines is 2. The topological polar surface area (TPSA) is 12.0 Å². The zero-order valence-corrected chi connectivity index (χ0v) is 13.0. The monoisotopic (exact) mass is 297 g/mol. The quantitative estimate of drug-likeness (QED) is 0.576. The van der Waals surface area contributed by atoms with Crippen molar-refractivity contribution in [1.82, 2.24) is 0 Å². The fraction of sp³-hybridized carbons (Fsp3) is 0. The lowest BCUT2D eigenvalue weighted by molar-refractivity contribution is 1.52. The van der Waals surface area contributed by atoms with Gasteiger partial charge in [0.1, 0.15) is 0 Å². The van der Waals surface area contributed by atoms with Crippen LogP contribution in [-0.4, -0.2) is 0 Å². The highest BCUT2D eigenvalue weighted by atomic mass is 14.9. The normalized spacial score (nSPS) is 10.1. The van der Waals surface area contributed by atoms with E-state index < -0.39 is 0 Å². The minimum absolute atomic E-state index is 1.04. The van der Waals surface area contributed by atoms with Crippen molar-refractivity contribution in [1.29, 1.82) is 0 Å². The molecule has 23 heavy (non-hydrogen) atoms. The number of rotatable bonds is 5. The van der Waals surface area contributed by atoms with E-state index in [0.717, 1.165) is 22.5 Å². The molecule has 0 aromatic heterocycles. The molecule has 0 saturated carbocycles. The van der Waals surface area contributed by atoms with Gasteiger partial charge in [-0.3, -0.25) is 0 Å². The van der Waals surface area contributed by atoms with E-state index in [4.69, 9.17) is 0 Å². The Morgan fingerprint density at radius 2 is 1.22 bits per heavy atom. The number of nitrogens with one attached hydrogen (secondary N) is 1. The van der Waals surface area contributed by atoms with Gasteiger partial charge in [-0.15, -0.1) is 0 Å². The minimum atomic E-state index is 1.04. The van der Waals surface area contributed by atoms with E-state index in [-0.39, 0.29) is 0 Å². The smallest absolute Gasteiger partial charge is 0.0390 e. The highest BCUT2D eigenvalue weighted by molar-refractivity contribution is 5.72. The molecule has 3 rings (SSSR count). The summed E-state index contributed by atoms with van der Waals surface area (Å²) in [5.41, 5.74) is 6.70. The fourth-order valence-electron chi connectivity index (χ4n) is 2.56. The zero-order valence-electron chi connectivity index (χ0n) is 13.0. The highest BCUT2D eigenvalue weighted by Crippen LogP contribution is 2.25. The summed E-state index contributed by atoms with van der Waals surface area (Å²) in [5, 5.41) is 3.43. The third-order valence-electron chi connectivity index (χ3n) is 3.81. The van der Waals surface area contributed by atoms with E-state index in [2.05, 4.69) is 79.1 Å². The molecule has 1 nitrogen and oxygen atoms in total. The van der Waals surface area contributed by atoms with Crippen LogP contribution < -0.4 is 5.32 Å². The van der Waals surface area contributed by atoms with Crippen LogP contribution in [0.2, 0.25) is 0 Å². The van der Waals surface area contributed by atoms with Crippen LogP contribution in [-0.2, 0) is 0 Å². The third kappa shape index (κ3) is 3.41. The van der Waals surface area contributed by atoms with Crippen molar-refractivity contribution in [3.8, 4) is 11.1 Å². The summed E-state index contributed by atoms with van der Waals surface area (Å²) < 4.78 is 0. The van der Waals surface area contributed by atoms with Crippen molar-refractivity contribution in [2.75, 3.05) is 5.32 Å². The summed E-state index contributed by atoms with van der Waals surface area (Å²) >= 11 is 0. The largest absolute Gasteiger partial charge is 0.356 e. The number of hydrogen-bond donors (Lipinski definition) is 1. The van der Waals surface area contributed by atoms with Gasteiger partial charge in [0.2, 0.25) is 0 Å². The van der Waals surface area contributed by atoms with Crippen LogP contribution in [0.3, 0.4) is 0 Å². The van der Waals surface area contributed by atoms with Crippen LogP contribution in [0.25, 0.3) is 23.3 Å². The van der Waals surface area contributed by atoms with Crippen LogP contribution >= 0.6 is 0 Å². The van der Waals surface area contributed by atoms with Crippen molar-refractivity contribution in [2.24, 2.45) is 0 Å². The van der Waals surface area contributed by atoms with Gasteiger partial charge in [0.15, 0.2) is 0 Å². The van der Waals surface area contributed by atoms with Crippen LogP contribution in [0, 0.1) is 0 Å². The molecule has 3 aromatic carbocycles. The molecule has 0 atom stereocenters. The van der Waals surface area contributed by atoms with Crippen molar-refractivity contribution in [2.45, 2.75) is 0 Å². The Labute approximate surface area is 137 Å². The standard InChI is InChI=1S/C22H19N/c1-3-17-10-15-22(16-18(17)4-2)23-21-13-11-20(12-14-21)19-8-6-5-7-9-19/h3-16,23H,1-2H2. The molecule has 0 amide bonds. The predicted octanol–water partition coefficient (Wildman–Crippen LogP) is 6.38. The molecule has 1 N–H and O–H groups in total. The van der Waals surface area contributed by atoms with Crippen molar-refractivity contribution >= 4 is 23.5 Å². The molecule has 0 unspecified atom stereocenters. The molecular weight excluding hydrogens is 278 g/mol. The van der Waals surface area contributed by atoms with Gasteiger partial charge >= 0.3 is 0 Å². The van der Waals surface area contributed by atoms with E-state index in [0.29, 0.717) is 0 Å². The van der Waals surface area contributed by atoms with Gasteiger partial charge in [-0.05, 0) is 46.5 Å². The molecule has 0 saturated heterocycles. The Balaban J connectivity index is 1.81. The van der Waals surface area contributed by atoms with E-state index in [1.54, 1.807) is 0 Å². The predicted molar refractivity (Wildman–Crippen MR) is 102 cm³/mol. The second-order valence-electron chi connectivity index (χ2n) is 5.32. The van der Waals surface area contributed by atoms with E-state index in [1.807, 2.05) is 24.3 Å². The van der Waals surface area contributed by atoms with Gasteiger partial charge in [-0.1, -0.05) is 73.8 Å². The molecule has 3 aromatic rings. The maximum atomic E-state index is 3.86. The molecule has 0 aliphatic heterocycles. The van der Waals surface area contributed by atoms with Crippen LogP contribution in [0.5, 0.6) is 0 Å². The summed E-state index contributed by atoms with van der Waals surface area (Å²) in [4.78, 5) is 0. The summed E-state index contributed by atoms with van der Waals surface area (Å²) in [5.74, 6) is 0. The summed E-state index contributed by atoms with van der Waals surface area (Å²) in [7, 11) is 0. The van der Waals surface area contributed by atoms with Gasteiger partial charge in [-0.25, -0.2) is 0 Å². The average molecular weight is 297 g/mol. The molecule has 0 aliphatic rings. The molecule has 112 valence electrons. The first-order chi connectivity index (χ1) is 11.3. The van der Waals surface area contributed by atoms with E-state index in [1.165, 1.54) is 11.1 Å². The Hall–Kier alpha value is -3.06. The van der Waals surface area contributed by atoms with Crippen LogP contribution in [0.4, 0.5) is 11.4 Å². The molecule has 0 bridgehead atoms. The summed E-state index contributed by atoms with van der Waals surface area (Å²) in [6.07, 6.45) is 3.69. The molecule has 0 spiro atoms. The lowest BCUT2D eigenvalue weighted by Gasteiger charge is -2.10. The average Bonchev–Trinajstić information content (AvgIpc) is 2.63. The summed E-state index contributed by atoms with van der Waals surface area (Å²) in [6, 6.07) is 25.0. The Bertz CT molecular complexity index is 814. The molecular formula is C22H19N. The minimum Gasteiger partial charge on any atom is -0.356 e. The van der Waals surface area contributed by atoms with Gasteiger partial charge in [0.25, 0.3) is 0 Å². The molecule has 0 heterocycles. The van der Waals surface area contributed by atoms with E-state index >= 15 is 0 Å². The number of hydrogen-bond acceptors (Lipinski definition) is 1. The maximum absolute atomic E-state index is 3.86. The number of benzene rings is 3. The Kier molecular flexibility index (Phi) is 4.39. The first kappa shape index (κ1) is 14.9. The Morgan fingerprint density at radius 1 is 0.609 bits per heavy atom. The molecule has 0 radical (unpaired) electrons. The van der Waals surface area contributed by atoms with Gasteiger partial charge in [-0.2, -0.15) is 0 Å². The third-order valence-corrected chi connectivity index (χ3v) is 3.81. The van der Waals surface area contributed by atoms with Gasteiger partial charge < -0.3 is 5.32 Å². The lowest BCUT2D eigenvalue weighted by atomic mass is 10.0. The second-order valence-corrected chi connectivity index (χ2v) is 5.32. The maximum Gasteiger partial charge on any atom is 0.0390 e. The Morgan fingerprint density at radius 3 is 1.87 bits per heavy atom. The second kappa shape index (κ2) is 6.80. The molecule has 0 aliphatic carbocycles. The van der Waals surface area contributed by atoms with Gasteiger partial charge in [0.05, 0.1) is 0 Å². The molecule has 1 heteroatoms. The SMILES string of the molecule is C=Cc1ccc(Nc2ccc(-c3ccccc3)cc2)cc1C=C. The van der Waals surface area contributed by atoms with Crippen molar-refractivity contribution in [3.05, 3.63) is 97.1 Å². The van der Waals surface area contributed by atoms with E-state index in [9.17, 15) is 0 Å². The van der Waals surface area contributed by atoms with Crippen LogP contribution in [0.15, 0.2) is 86.0 Å². The van der Waals surface area contributed by atoms with Crippen molar-refractivity contribution in [3.63, 3.8) is 0 Å².